The summed E-state index contributed by atoms with van der Waals surface area (Å²) in [6, 6.07) is -0.406. The molecule has 0 fully saturated rings. The zero-order chi connectivity index (χ0) is 11.7. The monoisotopic (exact) mass is 234 g/mol. The van der Waals surface area contributed by atoms with Crippen molar-refractivity contribution in [3.8, 4) is 0 Å². The summed E-state index contributed by atoms with van der Waals surface area (Å²) in [7, 11) is 0. The second-order valence-electron chi connectivity index (χ2n) is 3.34. The van der Waals surface area contributed by atoms with Crippen LogP contribution in [0, 0.1) is 0 Å². The van der Waals surface area contributed by atoms with Crippen molar-refractivity contribution in [1.82, 2.24) is 10.2 Å². The molecule has 0 saturated heterocycles. The van der Waals surface area contributed by atoms with E-state index in [1.807, 2.05) is 6.92 Å². The van der Waals surface area contributed by atoms with Crippen LogP contribution in [0.5, 0.6) is 0 Å². The average Bonchev–Trinajstić information content (AvgIpc) is 2.26. The van der Waals surface area contributed by atoms with Crippen molar-refractivity contribution in [2.45, 2.75) is 38.3 Å². The van der Waals surface area contributed by atoms with Crippen LogP contribution in [0.4, 0.5) is 0 Å². The molecule has 1 amide bonds. The number of unbranched alkanes of at least 4 members (excludes halogenated alkanes) is 1. The van der Waals surface area contributed by atoms with E-state index in [1.165, 1.54) is 0 Å². The maximum absolute atomic E-state index is 11.4. The second-order valence-corrected chi connectivity index (χ2v) is 3.55. The minimum atomic E-state index is -1.12. The quantitative estimate of drug-likeness (QED) is 0.433. The van der Waals surface area contributed by atoms with Gasteiger partial charge in [0.1, 0.15) is 6.10 Å². The fraction of sp³-hybridized carbons (Fsp3) is 0.700. The van der Waals surface area contributed by atoms with E-state index in [4.69, 9.17) is 11.8 Å². The molecular weight excluding hydrogens is 216 g/mol. The Bertz CT molecular complexity index is 200. The lowest BCUT2D eigenvalue weighted by molar-refractivity contribution is -0.130. The third-order valence-corrected chi connectivity index (χ3v) is 2.36. The molecule has 0 aromatic rings. The van der Waals surface area contributed by atoms with Gasteiger partial charge in [0, 0.05) is 6.54 Å². The standard InChI is InChI=1S/C10H19ClN2O2/c1-3-5-6-8(13-11)9(14)10(15)12-7-4-2/h4,8-9,13-14H,2-3,5-7H2,1H3,(H,12,15). The Morgan fingerprint density at radius 3 is 2.80 bits per heavy atom. The Morgan fingerprint density at radius 1 is 1.67 bits per heavy atom. The van der Waals surface area contributed by atoms with Crippen LogP contribution in [-0.2, 0) is 4.79 Å². The molecule has 3 N–H and O–H groups in total. The van der Waals surface area contributed by atoms with Crippen molar-refractivity contribution in [2.24, 2.45) is 0 Å². The van der Waals surface area contributed by atoms with E-state index >= 15 is 0 Å². The van der Waals surface area contributed by atoms with Crippen molar-refractivity contribution in [3.63, 3.8) is 0 Å². The van der Waals surface area contributed by atoms with Gasteiger partial charge in [-0.15, -0.1) is 6.58 Å². The third kappa shape index (κ3) is 5.77. The van der Waals surface area contributed by atoms with E-state index in [1.54, 1.807) is 6.08 Å². The number of halogens is 1. The van der Waals surface area contributed by atoms with Gasteiger partial charge in [-0.1, -0.05) is 25.8 Å². The number of carbonyl (C=O) groups excluding carboxylic acids is 1. The number of nitrogens with one attached hydrogen (secondary N) is 2. The first kappa shape index (κ1) is 14.4. The lowest BCUT2D eigenvalue weighted by atomic mass is 10.0. The molecule has 2 atom stereocenters. The van der Waals surface area contributed by atoms with Gasteiger partial charge in [-0.25, -0.2) is 4.84 Å². The van der Waals surface area contributed by atoms with Crippen LogP contribution in [0.1, 0.15) is 26.2 Å². The largest absolute Gasteiger partial charge is 0.382 e. The minimum absolute atomic E-state index is 0.346. The smallest absolute Gasteiger partial charge is 0.250 e. The summed E-state index contributed by atoms with van der Waals surface area (Å²) in [5.74, 6) is -0.427. The van der Waals surface area contributed by atoms with Crippen LogP contribution in [0.15, 0.2) is 12.7 Å². The summed E-state index contributed by atoms with van der Waals surface area (Å²) < 4.78 is 0. The van der Waals surface area contributed by atoms with Crippen LogP contribution >= 0.6 is 11.8 Å². The van der Waals surface area contributed by atoms with Crippen molar-refractivity contribution in [2.75, 3.05) is 6.54 Å². The van der Waals surface area contributed by atoms with Gasteiger partial charge in [0.15, 0.2) is 0 Å². The van der Waals surface area contributed by atoms with Crippen LogP contribution in [0.2, 0.25) is 0 Å². The zero-order valence-electron chi connectivity index (χ0n) is 9.00. The van der Waals surface area contributed by atoms with Gasteiger partial charge >= 0.3 is 0 Å². The fourth-order valence-electron chi connectivity index (χ4n) is 1.16. The Balaban J connectivity index is 4.05. The molecule has 0 aromatic carbocycles. The first-order chi connectivity index (χ1) is 7.17. The van der Waals surface area contributed by atoms with E-state index in [2.05, 4.69) is 16.7 Å². The van der Waals surface area contributed by atoms with Crippen LogP contribution in [0.25, 0.3) is 0 Å². The average molecular weight is 235 g/mol. The SMILES string of the molecule is C=CCNC(=O)C(O)C(CCCC)NCl. The molecule has 0 aliphatic heterocycles. The molecule has 0 heterocycles. The lowest BCUT2D eigenvalue weighted by Gasteiger charge is -2.19. The summed E-state index contributed by atoms with van der Waals surface area (Å²) in [5, 5.41) is 12.2. The number of hydrogen-bond donors (Lipinski definition) is 3. The van der Waals surface area contributed by atoms with E-state index in [9.17, 15) is 9.90 Å². The van der Waals surface area contributed by atoms with Crippen molar-refractivity contribution in [1.29, 1.82) is 0 Å². The molecule has 0 aromatic heterocycles. The predicted molar refractivity (Wildman–Crippen MR) is 61.5 cm³/mol. The number of aliphatic hydroxyl groups is 1. The predicted octanol–water partition coefficient (Wildman–Crippen LogP) is 0.952. The lowest BCUT2D eigenvalue weighted by Crippen LogP contribution is -2.46. The highest BCUT2D eigenvalue weighted by Gasteiger charge is 2.24. The molecular formula is C10H19ClN2O2. The molecule has 4 nitrogen and oxygen atoms in total. The zero-order valence-corrected chi connectivity index (χ0v) is 9.76. The highest BCUT2D eigenvalue weighted by Crippen LogP contribution is 2.06. The van der Waals surface area contributed by atoms with Gasteiger partial charge in [0.25, 0.3) is 5.91 Å². The van der Waals surface area contributed by atoms with Gasteiger partial charge in [-0.05, 0) is 18.2 Å². The summed E-state index contributed by atoms with van der Waals surface area (Å²) in [6.45, 7) is 5.85. The highest BCUT2D eigenvalue weighted by atomic mass is 35.5. The molecule has 0 rings (SSSR count). The molecule has 88 valence electrons. The molecule has 0 bridgehead atoms. The minimum Gasteiger partial charge on any atom is -0.382 e. The maximum atomic E-state index is 11.4. The molecule has 0 saturated carbocycles. The molecule has 0 aliphatic carbocycles. The van der Waals surface area contributed by atoms with Crippen molar-refractivity contribution < 1.29 is 9.90 Å². The van der Waals surface area contributed by atoms with Gasteiger partial charge < -0.3 is 10.4 Å². The van der Waals surface area contributed by atoms with E-state index in [0.717, 1.165) is 12.8 Å². The van der Waals surface area contributed by atoms with Crippen molar-refractivity contribution >= 4 is 17.7 Å². The Hall–Kier alpha value is -0.580. The number of carbonyl (C=O) groups is 1. The van der Waals surface area contributed by atoms with Crippen LogP contribution in [0.3, 0.4) is 0 Å². The summed E-state index contributed by atoms with van der Waals surface area (Å²) in [6.07, 6.45) is 3.02. The van der Waals surface area contributed by atoms with E-state index in [0.29, 0.717) is 13.0 Å². The Morgan fingerprint density at radius 2 is 2.33 bits per heavy atom. The van der Waals surface area contributed by atoms with Crippen LogP contribution < -0.4 is 10.2 Å². The summed E-state index contributed by atoms with van der Waals surface area (Å²) >= 11 is 5.47. The number of amides is 1. The highest BCUT2D eigenvalue weighted by molar-refractivity contribution is 6.13. The van der Waals surface area contributed by atoms with Gasteiger partial charge in [0.05, 0.1) is 6.04 Å². The van der Waals surface area contributed by atoms with E-state index < -0.39 is 18.1 Å². The normalized spacial score (nSPS) is 14.3. The van der Waals surface area contributed by atoms with Crippen LogP contribution in [-0.4, -0.2) is 29.7 Å². The second kappa shape index (κ2) is 8.71. The summed E-state index contributed by atoms with van der Waals surface area (Å²) in [4.78, 5) is 13.8. The molecule has 0 aliphatic rings. The Kier molecular flexibility index (Phi) is 8.37. The maximum Gasteiger partial charge on any atom is 0.250 e. The van der Waals surface area contributed by atoms with Gasteiger partial charge in [0.2, 0.25) is 0 Å². The molecule has 2 unspecified atom stereocenters. The third-order valence-electron chi connectivity index (χ3n) is 2.08. The molecule has 15 heavy (non-hydrogen) atoms. The first-order valence-corrected chi connectivity index (χ1v) is 5.48. The van der Waals surface area contributed by atoms with Gasteiger partial charge in [-0.2, -0.15) is 0 Å². The molecule has 0 spiro atoms. The number of rotatable bonds is 8. The number of hydrogen-bond acceptors (Lipinski definition) is 3. The fourth-order valence-corrected chi connectivity index (χ4v) is 1.38. The summed E-state index contributed by atoms with van der Waals surface area (Å²) in [5.41, 5.74) is 0. The first-order valence-electron chi connectivity index (χ1n) is 5.10. The van der Waals surface area contributed by atoms with Crippen molar-refractivity contribution in [3.05, 3.63) is 12.7 Å². The topological polar surface area (TPSA) is 61.4 Å². The van der Waals surface area contributed by atoms with Gasteiger partial charge in [-0.3, -0.25) is 4.79 Å². The van der Waals surface area contributed by atoms with E-state index in [-0.39, 0.29) is 0 Å². The Labute approximate surface area is 95.8 Å². The number of aliphatic hydroxyl groups excluding tert-OH is 1. The molecule has 0 radical (unpaired) electrons. The molecule has 5 heteroatoms.